The molecule has 1 aromatic rings. The summed E-state index contributed by atoms with van der Waals surface area (Å²) in [6, 6.07) is 4.72. The quantitative estimate of drug-likeness (QED) is 0.786. The number of nitrogens with zero attached hydrogens (tertiary/aromatic N) is 1. The van der Waals surface area contributed by atoms with E-state index < -0.39 is 22.0 Å². The fraction of sp³-hybridized carbons (Fsp3) is 0.417. The highest BCUT2D eigenvalue weighted by Gasteiger charge is 2.38. The van der Waals surface area contributed by atoms with E-state index in [-0.39, 0.29) is 30.4 Å². The van der Waals surface area contributed by atoms with Gasteiger partial charge in [0.2, 0.25) is 15.9 Å². The maximum Gasteiger partial charge on any atom is 0.247 e. The SMILES string of the molecule is CNC(=O)C1COCCN1S(=O)(=O)c1ccccc1O. The van der Waals surface area contributed by atoms with E-state index in [4.69, 9.17) is 4.74 Å². The Morgan fingerprint density at radius 3 is 2.80 bits per heavy atom. The molecule has 110 valence electrons. The summed E-state index contributed by atoms with van der Waals surface area (Å²) in [5, 5.41) is 12.1. The number of hydrogen-bond donors (Lipinski definition) is 2. The molecule has 7 nitrogen and oxygen atoms in total. The molecule has 1 unspecified atom stereocenters. The molecule has 0 spiro atoms. The van der Waals surface area contributed by atoms with Crippen LogP contribution in [0.1, 0.15) is 0 Å². The molecule has 1 aliphatic rings. The van der Waals surface area contributed by atoms with E-state index >= 15 is 0 Å². The van der Waals surface area contributed by atoms with E-state index in [9.17, 15) is 18.3 Å². The fourth-order valence-electron chi connectivity index (χ4n) is 2.05. The first-order valence-corrected chi connectivity index (χ1v) is 7.51. The van der Waals surface area contributed by atoms with Crippen LogP contribution < -0.4 is 5.32 Å². The Hall–Kier alpha value is -1.64. The van der Waals surface area contributed by atoms with Crippen LogP contribution in [-0.2, 0) is 19.6 Å². The van der Waals surface area contributed by atoms with Crippen molar-refractivity contribution in [3.05, 3.63) is 24.3 Å². The predicted octanol–water partition coefficient (Wildman–Crippen LogP) is -0.472. The second kappa shape index (κ2) is 5.78. The predicted molar refractivity (Wildman–Crippen MR) is 70.7 cm³/mol. The summed E-state index contributed by atoms with van der Waals surface area (Å²) in [6.07, 6.45) is 0. The topological polar surface area (TPSA) is 95.9 Å². The van der Waals surface area contributed by atoms with E-state index in [2.05, 4.69) is 5.32 Å². The number of hydrogen-bond acceptors (Lipinski definition) is 5. The summed E-state index contributed by atoms with van der Waals surface area (Å²) < 4.78 is 31.4. The molecule has 0 saturated carbocycles. The van der Waals surface area contributed by atoms with Gasteiger partial charge in [-0.2, -0.15) is 4.31 Å². The largest absolute Gasteiger partial charge is 0.507 e. The number of rotatable bonds is 3. The molecular weight excluding hydrogens is 284 g/mol. The third-order valence-electron chi connectivity index (χ3n) is 3.08. The first kappa shape index (κ1) is 14.8. The van der Waals surface area contributed by atoms with Crippen molar-refractivity contribution < 1.29 is 23.1 Å². The van der Waals surface area contributed by atoms with Crippen LogP contribution in [0.25, 0.3) is 0 Å². The lowest BCUT2D eigenvalue weighted by atomic mass is 10.2. The van der Waals surface area contributed by atoms with E-state index in [0.717, 1.165) is 4.31 Å². The van der Waals surface area contributed by atoms with Gasteiger partial charge in [0.1, 0.15) is 16.7 Å². The van der Waals surface area contributed by atoms with Crippen molar-refractivity contribution in [3.8, 4) is 5.75 Å². The van der Waals surface area contributed by atoms with Crippen LogP contribution in [0.5, 0.6) is 5.75 Å². The number of morpholine rings is 1. The van der Waals surface area contributed by atoms with E-state index in [1.807, 2.05) is 0 Å². The molecule has 2 N–H and O–H groups in total. The molecule has 0 aliphatic carbocycles. The van der Waals surface area contributed by atoms with Crippen LogP contribution in [0.3, 0.4) is 0 Å². The zero-order chi connectivity index (χ0) is 14.8. The summed E-state index contributed by atoms with van der Waals surface area (Å²) in [5.41, 5.74) is 0. The van der Waals surface area contributed by atoms with Gasteiger partial charge in [-0.1, -0.05) is 12.1 Å². The number of amides is 1. The lowest BCUT2D eigenvalue weighted by Crippen LogP contribution is -2.55. The number of phenolic OH excluding ortho intramolecular Hbond substituents is 1. The summed E-state index contributed by atoms with van der Waals surface area (Å²) in [4.78, 5) is 11.6. The standard InChI is InChI=1S/C12H16N2O5S/c1-13-12(16)9-8-19-7-6-14(9)20(17,18)11-5-3-2-4-10(11)15/h2-5,9,15H,6-8H2,1H3,(H,13,16). The highest BCUT2D eigenvalue weighted by atomic mass is 32.2. The van der Waals surface area contributed by atoms with Crippen molar-refractivity contribution in [2.24, 2.45) is 0 Å². The number of sulfonamides is 1. The second-order valence-electron chi connectivity index (χ2n) is 4.29. The van der Waals surface area contributed by atoms with Crippen molar-refractivity contribution in [3.63, 3.8) is 0 Å². The number of aromatic hydroxyl groups is 1. The van der Waals surface area contributed by atoms with E-state index in [1.165, 1.54) is 31.3 Å². The Morgan fingerprint density at radius 1 is 1.45 bits per heavy atom. The molecule has 1 heterocycles. The Kier molecular flexibility index (Phi) is 4.26. The van der Waals surface area contributed by atoms with Gasteiger partial charge >= 0.3 is 0 Å². The molecule has 8 heteroatoms. The number of phenols is 1. The third kappa shape index (κ3) is 2.62. The summed E-state index contributed by atoms with van der Waals surface area (Å²) >= 11 is 0. The van der Waals surface area contributed by atoms with Crippen molar-refractivity contribution in [2.75, 3.05) is 26.8 Å². The number of nitrogens with one attached hydrogen (secondary N) is 1. The molecule has 0 bridgehead atoms. The molecule has 1 atom stereocenters. The first-order chi connectivity index (χ1) is 9.48. The Balaban J connectivity index is 2.41. The highest BCUT2D eigenvalue weighted by Crippen LogP contribution is 2.27. The maximum absolute atomic E-state index is 12.6. The molecule has 20 heavy (non-hydrogen) atoms. The van der Waals surface area contributed by atoms with Crippen LogP contribution in [0, 0.1) is 0 Å². The van der Waals surface area contributed by atoms with Crippen LogP contribution in [0.2, 0.25) is 0 Å². The normalized spacial score (nSPS) is 20.6. The molecule has 1 fully saturated rings. The molecule has 0 radical (unpaired) electrons. The smallest absolute Gasteiger partial charge is 0.247 e. The van der Waals surface area contributed by atoms with E-state index in [0.29, 0.717) is 0 Å². The first-order valence-electron chi connectivity index (χ1n) is 6.07. The van der Waals surface area contributed by atoms with E-state index in [1.54, 1.807) is 0 Å². The van der Waals surface area contributed by atoms with Gasteiger partial charge in [0, 0.05) is 13.6 Å². The van der Waals surface area contributed by atoms with Crippen LogP contribution in [0.15, 0.2) is 29.2 Å². The van der Waals surface area contributed by atoms with Crippen LogP contribution in [-0.4, -0.2) is 56.6 Å². The summed E-state index contributed by atoms with van der Waals surface area (Å²) in [7, 11) is -2.52. The lowest BCUT2D eigenvalue weighted by Gasteiger charge is -2.33. The van der Waals surface area contributed by atoms with Gasteiger partial charge in [-0.25, -0.2) is 8.42 Å². The highest BCUT2D eigenvalue weighted by molar-refractivity contribution is 7.89. The third-order valence-corrected chi connectivity index (χ3v) is 5.04. The number of likely N-dealkylation sites (N-methyl/N-ethyl adjacent to an activating group) is 1. The van der Waals surface area contributed by atoms with Crippen molar-refractivity contribution >= 4 is 15.9 Å². The van der Waals surface area contributed by atoms with Crippen LogP contribution >= 0.6 is 0 Å². The monoisotopic (exact) mass is 300 g/mol. The summed E-state index contributed by atoms with van der Waals surface area (Å²) in [6.45, 7) is 0.265. The number of ether oxygens (including phenoxy) is 1. The Labute approximate surface area is 117 Å². The number of carbonyl (C=O) groups excluding carboxylic acids is 1. The molecule has 1 amide bonds. The number of benzene rings is 1. The molecule has 1 aromatic carbocycles. The number of carbonyl (C=O) groups is 1. The van der Waals surface area contributed by atoms with Gasteiger partial charge in [0.15, 0.2) is 0 Å². The average Bonchev–Trinajstić information content (AvgIpc) is 2.46. The van der Waals surface area contributed by atoms with Crippen molar-refractivity contribution in [1.82, 2.24) is 9.62 Å². The minimum atomic E-state index is -3.95. The zero-order valence-electron chi connectivity index (χ0n) is 10.9. The van der Waals surface area contributed by atoms with Gasteiger partial charge in [0.25, 0.3) is 0 Å². The molecule has 1 saturated heterocycles. The minimum absolute atomic E-state index is 0.00744. The molecule has 2 rings (SSSR count). The number of para-hydroxylation sites is 1. The maximum atomic E-state index is 12.6. The minimum Gasteiger partial charge on any atom is -0.507 e. The van der Waals surface area contributed by atoms with Gasteiger partial charge < -0.3 is 15.2 Å². The Morgan fingerprint density at radius 2 is 2.15 bits per heavy atom. The molecular formula is C12H16N2O5S. The Bertz CT molecular complexity index is 602. The van der Waals surface area contributed by atoms with Crippen LogP contribution in [0.4, 0.5) is 0 Å². The van der Waals surface area contributed by atoms with Gasteiger partial charge in [0.05, 0.1) is 13.2 Å². The van der Waals surface area contributed by atoms with Gasteiger partial charge in [-0.15, -0.1) is 0 Å². The average molecular weight is 300 g/mol. The van der Waals surface area contributed by atoms with Gasteiger partial charge in [-0.05, 0) is 12.1 Å². The zero-order valence-corrected chi connectivity index (χ0v) is 11.8. The molecule has 1 aliphatic heterocycles. The summed E-state index contributed by atoms with van der Waals surface area (Å²) in [5.74, 6) is -0.779. The lowest BCUT2D eigenvalue weighted by molar-refractivity contribution is -0.128. The van der Waals surface area contributed by atoms with Gasteiger partial charge in [-0.3, -0.25) is 4.79 Å². The second-order valence-corrected chi connectivity index (χ2v) is 6.15. The van der Waals surface area contributed by atoms with Crippen molar-refractivity contribution in [2.45, 2.75) is 10.9 Å². The molecule has 0 aromatic heterocycles. The van der Waals surface area contributed by atoms with Crippen molar-refractivity contribution in [1.29, 1.82) is 0 Å². The fourth-order valence-corrected chi connectivity index (χ4v) is 3.69.